The summed E-state index contributed by atoms with van der Waals surface area (Å²) in [5.41, 5.74) is 1.46. The van der Waals surface area contributed by atoms with E-state index in [0.717, 1.165) is 0 Å². The van der Waals surface area contributed by atoms with Crippen LogP contribution in [0.1, 0.15) is 31.7 Å². The third-order valence-electron chi connectivity index (χ3n) is 3.54. The molecular weight excluding hydrogens is 204 g/mol. The van der Waals surface area contributed by atoms with E-state index in [9.17, 15) is 0 Å². The molecule has 0 amide bonds. The Labute approximate surface area is 102 Å². The van der Waals surface area contributed by atoms with Gasteiger partial charge in [-0.15, -0.1) is 0 Å². The van der Waals surface area contributed by atoms with Crippen LogP contribution in [0, 0.1) is 0 Å². The van der Waals surface area contributed by atoms with Crippen molar-refractivity contribution in [2.24, 2.45) is 0 Å². The molecule has 0 saturated carbocycles. The van der Waals surface area contributed by atoms with Crippen molar-refractivity contribution in [3.63, 3.8) is 0 Å². The summed E-state index contributed by atoms with van der Waals surface area (Å²) in [5, 5.41) is 5.58. The zero-order chi connectivity index (χ0) is 11.7. The fraction of sp³-hybridized carbons (Fsp3) is 0.294. The molecule has 0 bridgehead atoms. The van der Waals surface area contributed by atoms with Gasteiger partial charge in [0.05, 0.1) is 0 Å². The summed E-state index contributed by atoms with van der Waals surface area (Å²) >= 11 is 0. The van der Waals surface area contributed by atoms with E-state index >= 15 is 0 Å². The van der Waals surface area contributed by atoms with Gasteiger partial charge in [-0.25, -0.2) is 0 Å². The molecule has 0 unspecified atom stereocenters. The van der Waals surface area contributed by atoms with Gasteiger partial charge in [0.1, 0.15) is 0 Å². The van der Waals surface area contributed by atoms with E-state index < -0.39 is 0 Å². The Morgan fingerprint density at radius 3 is 2.29 bits per heavy atom. The number of fused-ring (bicyclic) bond motifs is 2. The third kappa shape index (κ3) is 2.00. The van der Waals surface area contributed by atoms with E-state index in [0.29, 0.717) is 0 Å². The van der Waals surface area contributed by atoms with Crippen molar-refractivity contribution in [2.75, 3.05) is 0 Å². The second-order valence-electron chi connectivity index (χ2n) is 4.90. The highest BCUT2D eigenvalue weighted by Gasteiger charge is 1.99. The number of benzene rings is 2. The molecule has 0 radical (unpaired) electrons. The normalized spacial score (nSPS) is 13.9. The Morgan fingerprint density at radius 2 is 1.59 bits per heavy atom. The molecule has 0 heterocycles. The summed E-state index contributed by atoms with van der Waals surface area (Å²) in [5.74, 6) is 0. The molecule has 0 fully saturated rings. The van der Waals surface area contributed by atoms with Gasteiger partial charge in [-0.05, 0) is 58.2 Å². The lowest BCUT2D eigenvalue weighted by atomic mass is 10.00. The lowest BCUT2D eigenvalue weighted by Crippen LogP contribution is -2.26. The Morgan fingerprint density at radius 1 is 0.882 bits per heavy atom. The highest BCUT2D eigenvalue weighted by molar-refractivity contribution is 5.83. The molecule has 0 aliphatic heterocycles. The van der Waals surface area contributed by atoms with Crippen molar-refractivity contribution in [3.8, 4) is 0 Å². The van der Waals surface area contributed by atoms with Crippen LogP contribution in [0.25, 0.3) is 22.9 Å². The predicted octanol–water partition coefficient (Wildman–Crippen LogP) is 3.15. The Hall–Kier alpha value is -1.56. The third-order valence-corrected chi connectivity index (χ3v) is 3.54. The first-order chi connectivity index (χ1) is 8.36. The molecule has 0 saturated heterocycles. The predicted molar refractivity (Wildman–Crippen MR) is 75.4 cm³/mol. The van der Waals surface area contributed by atoms with Gasteiger partial charge in [0.15, 0.2) is 0 Å². The van der Waals surface area contributed by atoms with Crippen molar-refractivity contribution < 1.29 is 0 Å². The molecule has 0 nitrogen and oxygen atoms in total. The zero-order valence-corrected chi connectivity index (χ0v) is 10.4. The zero-order valence-electron chi connectivity index (χ0n) is 10.4. The van der Waals surface area contributed by atoms with Crippen LogP contribution >= 0.6 is 0 Å². The van der Waals surface area contributed by atoms with Gasteiger partial charge in [-0.1, -0.05) is 43.7 Å². The van der Waals surface area contributed by atoms with Crippen LogP contribution < -0.4 is 10.4 Å². The molecule has 0 heteroatoms. The van der Waals surface area contributed by atoms with Crippen molar-refractivity contribution in [2.45, 2.75) is 32.6 Å². The van der Waals surface area contributed by atoms with Crippen molar-refractivity contribution >= 4 is 22.9 Å². The highest BCUT2D eigenvalue weighted by Crippen LogP contribution is 2.14. The van der Waals surface area contributed by atoms with E-state index in [2.05, 4.69) is 49.4 Å². The van der Waals surface area contributed by atoms with E-state index in [1.807, 2.05) is 0 Å². The number of aryl methyl sites for hydroxylation is 1. The van der Waals surface area contributed by atoms with Crippen LogP contribution in [0.5, 0.6) is 0 Å². The Bertz CT molecular complexity index is 662. The molecule has 0 N–H and O–H groups in total. The molecule has 1 aliphatic carbocycles. The minimum Gasteiger partial charge on any atom is -0.0763 e. The molecule has 86 valence electrons. The molecule has 2 aromatic rings. The lowest BCUT2D eigenvalue weighted by molar-refractivity contribution is 0.923. The largest absolute Gasteiger partial charge is 0.0763 e. The van der Waals surface area contributed by atoms with E-state index in [-0.39, 0.29) is 0 Å². The van der Waals surface area contributed by atoms with Crippen LogP contribution in [-0.4, -0.2) is 0 Å². The molecule has 17 heavy (non-hydrogen) atoms. The number of hydrogen-bond acceptors (Lipinski definition) is 0. The van der Waals surface area contributed by atoms with Gasteiger partial charge in [0.2, 0.25) is 0 Å². The molecule has 0 aromatic heterocycles. The molecule has 0 atom stereocenters. The van der Waals surface area contributed by atoms with Gasteiger partial charge in [0.25, 0.3) is 0 Å². The average molecular weight is 222 g/mol. The van der Waals surface area contributed by atoms with Crippen LogP contribution in [0.2, 0.25) is 0 Å². The van der Waals surface area contributed by atoms with Crippen LogP contribution in [-0.2, 0) is 6.42 Å². The van der Waals surface area contributed by atoms with E-state index in [1.165, 1.54) is 52.5 Å². The van der Waals surface area contributed by atoms with E-state index in [1.54, 1.807) is 0 Å². The first-order valence-corrected chi connectivity index (χ1v) is 6.60. The molecule has 3 rings (SSSR count). The van der Waals surface area contributed by atoms with Gasteiger partial charge >= 0.3 is 0 Å². The molecule has 0 spiro atoms. The smallest absolute Gasteiger partial charge is 0.0175 e. The fourth-order valence-corrected chi connectivity index (χ4v) is 2.66. The Balaban J connectivity index is 2.24. The SMILES string of the molecule is CCCc1ccc2cc3c(cc2c1)=CCCC=3. The first-order valence-electron chi connectivity index (χ1n) is 6.60. The summed E-state index contributed by atoms with van der Waals surface area (Å²) in [4.78, 5) is 0. The maximum atomic E-state index is 2.36. The van der Waals surface area contributed by atoms with Gasteiger partial charge in [-0.2, -0.15) is 0 Å². The highest BCUT2D eigenvalue weighted by atomic mass is 14.0. The van der Waals surface area contributed by atoms with Crippen molar-refractivity contribution in [1.29, 1.82) is 0 Å². The second kappa shape index (κ2) is 4.37. The minimum absolute atomic E-state index is 1.18. The topological polar surface area (TPSA) is 0 Å². The van der Waals surface area contributed by atoms with Crippen LogP contribution in [0.3, 0.4) is 0 Å². The van der Waals surface area contributed by atoms with Crippen LogP contribution in [0.4, 0.5) is 0 Å². The van der Waals surface area contributed by atoms with Crippen molar-refractivity contribution in [3.05, 3.63) is 46.3 Å². The summed E-state index contributed by atoms with van der Waals surface area (Å²) < 4.78 is 0. The summed E-state index contributed by atoms with van der Waals surface area (Å²) in [6.07, 6.45) is 9.49. The quantitative estimate of drug-likeness (QED) is 0.732. The minimum atomic E-state index is 1.18. The average Bonchev–Trinajstić information content (AvgIpc) is 2.36. The fourth-order valence-electron chi connectivity index (χ4n) is 2.66. The van der Waals surface area contributed by atoms with Gasteiger partial charge < -0.3 is 0 Å². The summed E-state index contributed by atoms with van der Waals surface area (Å²) in [6, 6.07) is 11.6. The number of hydrogen-bond donors (Lipinski definition) is 0. The van der Waals surface area contributed by atoms with E-state index in [4.69, 9.17) is 0 Å². The molecular formula is C17H18. The maximum Gasteiger partial charge on any atom is -0.0175 e. The van der Waals surface area contributed by atoms with Crippen molar-refractivity contribution in [1.82, 2.24) is 0 Å². The second-order valence-corrected chi connectivity index (χ2v) is 4.90. The monoisotopic (exact) mass is 222 g/mol. The van der Waals surface area contributed by atoms with Crippen LogP contribution in [0.15, 0.2) is 30.3 Å². The lowest BCUT2D eigenvalue weighted by Gasteiger charge is -2.05. The summed E-state index contributed by atoms with van der Waals surface area (Å²) in [6.45, 7) is 2.24. The maximum absolute atomic E-state index is 2.36. The molecule has 1 aliphatic rings. The van der Waals surface area contributed by atoms with Gasteiger partial charge in [0, 0.05) is 0 Å². The summed E-state index contributed by atoms with van der Waals surface area (Å²) in [7, 11) is 0. The Kier molecular flexibility index (Phi) is 2.72. The number of rotatable bonds is 2. The molecule has 2 aromatic carbocycles. The standard InChI is InChI=1S/C17H18/c1-2-5-13-8-9-16-11-14-6-3-4-7-15(14)12-17(16)10-13/h6-12H,2-5H2,1H3. The first kappa shape index (κ1) is 10.6. The van der Waals surface area contributed by atoms with Gasteiger partial charge in [-0.3, -0.25) is 0 Å².